The third kappa shape index (κ3) is 4.40. The molecule has 0 radical (unpaired) electrons. The Kier molecular flexibility index (Phi) is 6.31. The highest BCUT2D eigenvalue weighted by Gasteiger charge is 2.29. The fourth-order valence-corrected chi connectivity index (χ4v) is 3.05. The first-order valence-corrected chi connectivity index (χ1v) is 8.62. The number of carbonyl (C=O) groups is 1. The Morgan fingerprint density at radius 3 is 2.74 bits per heavy atom. The summed E-state index contributed by atoms with van der Waals surface area (Å²) in [5, 5.41) is 2.70. The number of nitrogens with zero attached hydrogens (tertiary/aromatic N) is 2. The Balaban J connectivity index is 1.76. The molecule has 1 aromatic carbocycles. The zero-order chi connectivity index (χ0) is 19.2. The third-order valence-electron chi connectivity index (χ3n) is 4.46. The van der Waals surface area contributed by atoms with E-state index in [1.165, 1.54) is 19.2 Å². The van der Waals surface area contributed by atoms with Crippen molar-refractivity contribution in [3.8, 4) is 5.75 Å². The van der Waals surface area contributed by atoms with Crippen molar-refractivity contribution in [2.45, 2.75) is 12.6 Å². The highest BCUT2D eigenvalue weighted by Crippen LogP contribution is 2.24. The summed E-state index contributed by atoms with van der Waals surface area (Å²) in [7, 11) is 1.26. The minimum absolute atomic E-state index is 0.0496. The number of halogens is 2. The highest BCUT2D eigenvalue weighted by atomic mass is 19.2. The topological polar surface area (TPSA) is 63.7 Å². The molecule has 3 rings (SSSR count). The number of rotatable bonds is 6. The van der Waals surface area contributed by atoms with Gasteiger partial charge in [-0.3, -0.25) is 14.7 Å². The molecule has 1 aromatic heterocycles. The number of nitrogens with one attached hydrogen (secondary N) is 1. The van der Waals surface area contributed by atoms with E-state index in [9.17, 15) is 13.6 Å². The number of benzene rings is 1. The molecule has 2 heterocycles. The Bertz CT molecular complexity index is 783. The number of pyridine rings is 1. The van der Waals surface area contributed by atoms with Gasteiger partial charge < -0.3 is 14.8 Å². The Morgan fingerprint density at radius 1 is 1.30 bits per heavy atom. The average molecular weight is 377 g/mol. The molecule has 0 spiro atoms. The first-order valence-electron chi connectivity index (χ1n) is 8.62. The van der Waals surface area contributed by atoms with E-state index in [1.54, 1.807) is 18.5 Å². The minimum Gasteiger partial charge on any atom is -0.494 e. The third-order valence-corrected chi connectivity index (χ3v) is 4.46. The van der Waals surface area contributed by atoms with Gasteiger partial charge in [-0.25, -0.2) is 4.39 Å². The number of aromatic nitrogens is 1. The average Bonchev–Trinajstić information content (AvgIpc) is 2.71. The predicted octanol–water partition coefficient (Wildman–Crippen LogP) is 2.06. The summed E-state index contributed by atoms with van der Waals surface area (Å²) in [5.41, 5.74) is 0.784. The normalized spacial score (nSPS) is 16.0. The Labute approximate surface area is 156 Å². The molecule has 1 unspecified atom stereocenters. The lowest BCUT2D eigenvalue weighted by Crippen LogP contribution is -2.45. The van der Waals surface area contributed by atoms with E-state index in [-0.39, 0.29) is 23.8 Å². The van der Waals surface area contributed by atoms with E-state index in [2.05, 4.69) is 10.3 Å². The maximum atomic E-state index is 14.1. The van der Waals surface area contributed by atoms with Gasteiger partial charge in [0.1, 0.15) is 6.04 Å². The molecule has 8 heteroatoms. The van der Waals surface area contributed by atoms with Crippen LogP contribution in [0.3, 0.4) is 0 Å². The maximum absolute atomic E-state index is 14.1. The molecular formula is C19H21F2N3O3. The summed E-state index contributed by atoms with van der Waals surface area (Å²) in [6, 6.07) is 5.73. The Morgan fingerprint density at radius 2 is 2.07 bits per heavy atom. The number of amides is 1. The quantitative estimate of drug-likeness (QED) is 0.835. The van der Waals surface area contributed by atoms with Gasteiger partial charge in [0, 0.05) is 37.6 Å². The molecule has 6 nitrogen and oxygen atoms in total. The molecule has 0 bridgehead atoms. The summed E-state index contributed by atoms with van der Waals surface area (Å²) in [5.74, 6) is -2.58. The molecule has 0 aliphatic carbocycles. The van der Waals surface area contributed by atoms with Crippen molar-refractivity contribution in [3.63, 3.8) is 0 Å². The van der Waals surface area contributed by atoms with Crippen LogP contribution >= 0.6 is 0 Å². The molecule has 144 valence electrons. The molecule has 1 fully saturated rings. The molecule has 1 aliphatic rings. The molecule has 2 aromatic rings. The number of ether oxygens (including phenoxy) is 2. The van der Waals surface area contributed by atoms with Gasteiger partial charge >= 0.3 is 0 Å². The van der Waals surface area contributed by atoms with Gasteiger partial charge in [0.15, 0.2) is 11.6 Å². The summed E-state index contributed by atoms with van der Waals surface area (Å²) < 4.78 is 38.1. The van der Waals surface area contributed by atoms with Crippen LogP contribution < -0.4 is 10.1 Å². The number of hydrogen-bond donors (Lipinski definition) is 1. The summed E-state index contributed by atoms with van der Waals surface area (Å²) >= 11 is 0. The lowest BCUT2D eigenvalue weighted by molar-refractivity contribution is -0.128. The van der Waals surface area contributed by atoms with Crippen LogP contribution in [-0.4, -0.2) is 49.2 Å². The van der Waals surface area contributed by atoms with E-state index < -0.39 is 17.7 Å². The van der Waals surface area contributed by atoms with Gasteiger partial charge in [0.05, 0.1) is 20.3 Å². The number of carbonyl (C=O) groups excluding carboxylic acids is 1. The van der Waals surface area contributed by atoms with Gasteiger partial charge in [0.2, 0.25) is 11.7 Å². The van der Waals surface area contributed by atoms with Crippen LogP contribution in [0.25, 0.3) is 0 Å². The van der Waals surface area contributed by atoms with Crippen LogP contribution in [0.1, 0.15) is 17.2 Å². The predicted molar refractivity (Wildman–Crippen MR) is 94.1 cm³/mol. The van der Waals surface area contributed by atoms with Crippen molar-refractivity contribution < 1.29 is 23.0 Å². The van der Waals surface area contributed by atoms with Crippen molar-refractivity contribution >= 4 is 5.91 Å². The lowest BCUT2D eigenvalue weighted by Gasteiger charge is -2.33. The van der Waals surface area contributed by atoms with Gasteiger partial charge in [-0.05, 0) is 17.7 Å². The van der Waals surface area contributed by atoms with Crippen molar-refractivity contribution in [1.29, 1.82) is 0 Å². The van der Waals surface area contributed by atoms with E-state index >= 15 is 0 Å². The molecule has 0 saturated carbocycles. The highest BCUT2D eigenvalue weighted by molar-refractivity contribution is 5.83. The maximum Gasteiger partial charge on any atom is 0.242 e. The van der Waals surface area contributed by atoms with Crippen LogP contribution in [-0.2, 0) is 16.1 Å². The standard InChI is InChI=1S/C19H21F2N3O3/c1-26-15-5-4-13(16(20)17(15)21)12-23-19(25)18(14-3-2-6-22-11-14)24-7-9-27-10-8-24/h2-6,11,18H,7-10,12H2,1H3,(H,23,25). The molecule has 1 N–H and O–H groups in total. The summed E-state index contributed by atoms with van der Waals surface area (Å²) in [4.78, 5) is 18.9. The van der Waals surface area contributed by atoms with Gasteiger partial charge in [-0.1, -0.05) is 12.1 Å². The molecule has 27 heavy (non-hydrogen) atoms. The molecule has 1 atom stereocenters. The minimum atomic E-state index is -1.07. The smallest absolute Gasteiger partial charge is 0.242 e. The van der Waals surface area contributed by atoms with Crippen molar-refractivity contribution in [2.75, 3.05) is 33.4 Å². The van der Waals surface area contributed by atoms with Crippen molar-refractivity contribution in [2.24, 2.45) is 0 Å². The second kappa shape index (κ2) is 8.88. The van der Waals surface area contributed by atoms with Crippen LogP contribution in [0.15, 0.2) is 36.7 Å². The largest absolute Gasteiger partial charge is 0.494 e. The second-order valence-corrected chi connectivity index (χ2v) is 6.11. The van der Waals surface area contributed by atoms with Gasteiger partial charge in [-0.15, -0.1) is 0 Å². The van der Waals surface area contributed by atoms with Gasteiger partial charge in [0.25, 0.3) is 0 Å². The first kappa shape index (κ1) is 19.2. The van der Waals surface area contributed by atoms with Crippen LogP contribution in [0.2, 0.25) is 0 Å². The lowest BCUT2D eigenvalue weighted by atomic mass is 10.1. The van der Waals surface area contributed by atoms with E-state index in [1.807, 2.05) is 11.0 Å². The Hall–Kier alpha value is -2.58. The fraction of sp³-hybridized carbons (Fsp3) is 0.368. The van der Waals surface area contributed by atoms with E-state index in [4.69, 9.17) is 9.47 Å². The van der Waals surface area contributed by atoms with Crippen LogP contribution in [0.4, 0.5) is 8.78 Å². The van der Waals surface area contributed by atoms with Crippen molar-refractivity contribution in [3.05, 3.63) is 59.4 Å². The zero-order valence-corrected chi connectivity index (χ0v) is 15.0. The van der Waals surface area contributed by atoms with E-state index in [0.717, 1.165) is 5.56 Å². The van der Waals surface area contributed by atoms with Gasteiger partial charge in [-0.2, -0.15) is 4.39 Å². The number of morpholine rings is 1. The van der Waals surface area contributed by atoms with E-state index in [0.29, 0.717) is 26.3 Å². The fourth-order valence-electron chi connectivity index (χ4n) is 3.05. The van der Waals surface area contributed by atoms with Crippen LogP contribution in [0.5, 0.6) is 5.75 Å². The molecule has 1 amide bonds. The van der Waals surface area contributed by atoms with Crippen molar-refractivity contribution in [1.82, 2.24) is 15.2 Å². The summed E-state index contributed by atoms with van der Waals surface area (Å²) in [6.45, 7) is 2.12. The summed E-state index contributed by atoms with van der Waals surface area (Å²) in [6.07, 6.45) is 3.26. The zero-order valence-electron chi connectivity index (χ0n) is 15.0. The number of methoxy groups -OCH3 is 1. The molecule has 1 aliphatic heterocycles. The molecular weight excluding hydrogens is 356 g/mol. The second-order valence-electron chi connectivity index (χ2n) is 6.11. The first-order chi connectivity index (χ1) is 13.1. The number of hydrogen-bond acceptors (Lipinski definition) is 5. The monoisotopic (exact) mass is 377 g/mol. The van der Waals surface area contributed by atoms with Crippen LogP contribution in [0, 0.1) is 11.6 Å². The SMILES string of the molecule is COc1ccc(CNC(=O)C(c2cccnc2)N2CCOCC2)c(F)c1F. The molecule has 1 saturated heterocycles.